The van der Waals surface area contributed by atoms with Gasteiger partial charge in [0.1, 0.15) is 12.4 Å². The van der Waals surface area contributed by atoms with Crippen molar-refractivity contribution in [3.8, 4) is 5.75 Å². The summed E-state index contributed by atoms with van der Waals surface area (Å²) in [6, 6.07) is 7.17. The van der Waals surface area contributed by atoms with Gasteiger partial charge >= 0.3 is 11.9 Å². The van der Waals surface area contributed by atoms with Gasteiger partial charge in [0.25, 0.3) is 0 Å². The SMILES string of the molecule is Nc1nc(N)c(C(=O)/N=C2\NCC3(CCN(C(=O)NCC4C=C(COc5ccc(Cl)cc5)C=CC4)CC3)N2)nc1Cl. The third-order valence-corrected chi connectivity index (χ3v) is 7.79. The van der Waals surface area contributed by atoms with Gasteiger partial charge in [-0.05, 0) is 55.0 Å². The lowest BCUT2D eigenvalue weighted by atomic mass is 9.89. The number of aromatic nitrogens is 2. The van der Waals surface area contributed by atoms with Gasteiger partial charge in [-0.3, -0.25) is 4.79 Å². The maximum absolute atomic E-state index is 12.9. The number of nitrogen functional groups attached to an aromatic ring is 2. The number of rotatable bonds is 6. The van der Waals surface area contributed by atoms with Crippen LogP contribution in [-0.4, -0.2) is 71.1 Å². The van der Waals surface area contributed by atoms with Crippen LogP contribution in [0.4, 0.5) is 16.4 Å². The van der Waals surface area contributed by atoms with Gasteiger partial charge < -0.3 is 37.1 Å². The van der Waals surface area contributed by atoms with Crippen LogP contribution < -0.4 is 32.2 Å². The zero-order valence-electron chi connectivity index (χ0n) is 22.2. The Hall–Kier alpha value is -4.03. The number of benzene rings is 1. The van der Waals surface area contributed by atoms with E-state index in [2.05, 4.69) is 49.1 Å². The van der Waals surface area contributed by atoms with E-state index in [1.165, 1.54) is 0 Å². The van der Waals surface area contributed by atoms with Crippen molar-refractivity contribution in [1.82, 2.24) is 30.8 Å². The molecule has 0 bridgehead atoms. The summed E-state index contributed by atoms with van der Waals surface area (Å²) < 4.78 is 5.85. The molecule has 3 heterocycles. The fraction of sp³-hybridized carbons (Fsp3) is 0.370. The number of aliphatic imine (C=N–C) groups is 1. The summed E-state index contributed by atoms with van der Waals surface area (Å²) in [6.45, 7) is 2.68. The Kier molecular flexibility index (Phi) is 8.50. The highest BCUT2D eigenvalue weighted by Crippen LogP contribution is 2.25. The molecule has 1 aromatic carbocycles. The van der Waals surface area contributed by atoms with E-state index in [-0.39, 0.29) is 40.0 Å². The van der Waals surface area contributed by atoms with Gasteiger partial charge in [-0.2, -0.15) is 4.99 Å². The predicted molar refractivity (Wildman–Crippen MR) is 158 cm³/mol. The van der Waals surface area contributed by atoms with Crippen LogP contribution in [0.3, 0.4) is 0 Å². The average molecular weight is 601 g/mol. The summed E-state index contributed by atoms with van der Waals surface area (Å²) in [5, 5.41) is 10.1. The number of hydrogen-bond donors (Lipinski definition) is 5. The molecule has 41 heavy (non-hydrogen) atoms. The predicted octanol–water partition coefficient (Wildman–Crippen LogP) is 2.76. The van der Waals surface area contributed by atoms with Gasteiger partial charge in [-0.15, -0.1) is 0 Å². The number of nitrogens with two attached hydrogens (primary N) is 2. The number of carbonyl (C=O) groups is 2. The molecule has 0 saturated carbocycles. The second-order valence-electron chi connectivity index (χ2n) is 10.2. The summed E-state index contributed by atoms with van der Waals surface area (Å²) in [6.07, 6.45) is 8.54. The van der Waals surface area contributed by atoms with E-state index in [1.54, 1.807) is 12.1 Å². The van der Waals surface area contributed by atoms with Crippen LogP contribution in [0.1, 0.15) is 29.8 Å². The average Bonchev–Trinajstić information content (AvgIpc) is 3.35. The van der Waals surface area contributed by atoms with Crippen LogP contribution in [0, 0.1) is 5.92 Å². The molecule has 5 rings (SSSR count). The minimum atomic E-state index is -0.688. The third-order valence-electron chi connectivity index (χ3n) is 7.26. The quantitative estimate of drug-likeness (QED) is 0.334. The van der Waals surface area contributed by atoms with Crippen molar-refractivity contribution in [1.29, 1.82) is 0 Å². The smallest absolute Gasteiger partial charge is 0.317 e. The Labute approximate surface area is 247 Å². The first-order chi connectivity index (χ1) is 19.7. The summed E-state index contributed by atoms with van der Waals surface area (Å²) in [4.78, 5) is 39.1. The van der Waals surface area contributed by atoms with Gasteiger partial charge in [-0.1, -0.05) is 41.4 Å². The van der Waals surface area contributed by atoms with E-state index in [9.17, 15) is 9.59 Å². The second kappa shape index (κ2) is 12.2. The van der Waals surface area contributed by atoms with Gasteiger partial charge in [0, 0.05) is 31.2 Å². The highest BCUT2D eigenvalue weighted by molar-refractivity contribution is 6.31. The molecule has 2 fully saturated rings. The molecule has 12 nitrogen and oxygen atoms in total. The first-order valence-electron chi connectivity index (χ1n) is 13.2. The van der Waals surface area contributed by atoms with Gasteiger partial charge in [0.05, 0.1) is 5.54 Å². The van der Waals surface area contributed by atoms with Gasteiger partial charge in [0.2, 0.25) is 0 Å². The fourth-order valence-electron chi connectivity index (χ4n) is 4.94. The molecule has 2 aromatic rings. The van der Waals surface area contributed by atoms with Crippen LogP contribution in [-0.2, 0) is 0 Å². The fourth-order valence-corrected chi connectivity index (χ4v) is 5.19. The summed E-state index contributed by atoms with van der Waals surface area (Å²) in [5.41, 5.74) is 11.9. The maximum Gasteiger partial charge on any atom is 0.317 e. The number of anilines is 2. The monoisotopic (exact) mass is 599 g/mol. The lowest BCUT2D eigenvalue weighted by Crippen LogP contribution is -2.55. The molecular formula is C27H31Cl2N9O3. The molecule has 3 amide bonds. The van der Waals surface area contributed by atoms with E-state index in [0.29, 0.717) is 56.6 Å². The maximum atomic E-state index is 12.9. The third kappa shape index (κ3) is 7.01. The molecule has 1 aliphatic carbocycles. The number of nitrogens with zero attached hydrogens (tertiary/aromatic N) is 4. The number of piperidine rings is 1. The van der Waals surface area contributed by atoms with Crippen LogP contribution >= 0.6 is 23.2 Å². The molecule has 1 spiro atoms. The Morgan fingerprint density at radius 3 is 2.66 bits per heavy atom. The number of urea groups is 1. The zero-order valence-corrected chi connectivity index (χ0v) is 23.7. The molecule has 3 aliphatic rings. The minimum absolute atomic E-state index is 0.0585. The van der Waals surface area contributed by atoms with Crippen molar-refractivity contribution >= 4 is 52.7 Å². The van der Waals surface area contributed by atoms with Crippen LogP contribution in [0.5, 0.6) is 5.75 Å². The molecule has 1 aromatic heterocycles. The lowest BCUT2D eigenvalue weighted by molar-refractivity contribution is 0.0998. The normalized spacial score (nSPS) is 20.3. The minimum Gasteiger partial charge on any atom is -0.489 e. The first kappa shape index (κ1) is 28.5. The van der Waals surface area contributed by atoms with Crippen molar-refractivity contribution in [2.45, 2.75) is 24.8 Å². The molecule has 7 N–H and O–H groups in total. The first-order valence-corrected chi connectivity index (χ1v) is 14.0. The standard InChI is InChI=1S/C27H31Cl2N9O3/c28-18-4-6-19(7-5-18)41-14-17-3-1-2-16(12-17)13-32-26(40)38-10-8-27(9-11-38)15-33-25(37-27)36-24(39)20-22(30)35-23(31)21(29)34-20/h1,3-7,12,16H,2,8-11,13-15H2,(H,32,40)(H4,30,31,35)(H2,33,36,37,39). The van der Waals surface area contributed by atoms with Crippen LogP contribution in [0.15, 0.2) is 53.1 Å². The highest BCUT2D eigenvalue weighted by atomic mass is 35.5. The molecule has 1 unspecified atom stereocenters. The summed E-state index contributed by atoms with van der Waals surface area (Å²) in [5.74, 6) is 0.370. The zero-order chi connectivity index (χ0) is 29.0. The summed E-state index contributed by atoms with van der Waals surface area (Å²) >= 11 is 11.8. The number of likely N-dealkylation sites (tertiary alicyclic amines) is 1. The topological polar surface area (TPSA) is 173 Å². The van der Waals surface area contributed by atoms with Crippen LogP contribution in [0.2, 0.25) is 10.2 Å². The number of amides is 3. The van der Waals surface area contributed by atoms with Crippen molar-refractivity contribution in [3.05, 3.63) is 63.9 Å². The number of allylic oxidation sites excluding steroid dienone is 1. The number of halogens is 2. The second-order valence-corrected chi connectivity index (χ2v) is 11.0. The molecule has 2 saturated heterocycles. The van der Waals surface area contributed by atoms with Crippen molar-refractivity contribution in [2.75, 3.05) is 44.3 Å². The Bertz CT molecular complexity index is 1400. The largest absolute Gasteiger partial charge is 0.489 e. The van der Waals surface area contributed by atoms with E-state index in [0.717, 1.165) is 17.7 Å². The lowest BCUT2D eigenvalue weighted by Gasteiger charge is -2.38. The molecule has 14 heteroatoms. The Morgan fingerprint density at radius 1 is 1.15 bits per heavy atom. The van der Waals surface area contributed by atoms with Crippen molar-refractivity contribution < 1.29 is 14.3 Å². The molecule has 1 atom stereocenters. The van der Waals surface area contributed by atoms with E-state index >= 15 is 0 Å². The number of ether oxygens (including phenoxy) is 1. The van der Waals surface area contributed by atoms with Crippen molar-refractivity contribution in [2.24, 2.45) is 10.9 Å². The van der Waals surface area contributed by atoms with Gasteiger partial charge in [-0.25, -0.2) is 14.8 Å². The Balaban J connectivity index is 1.08. The number of hydrogen-bond acceptors (Lipinski definition) is 7. The number of carbonyl (C=O) groups excluding carboxylic acids is 2. The molecular weight excluding hydrogens is 569 g/mol. The number of nitrogens with one attached hydrogen (secondary N) is 3. The van der Waals surface area contributed by atoms with E-state index in [1.807, 2.05) is 17.0 Å². The summed E-state index contributed by atoms with van der Waals surface area (Å²) in [7, 11) is 0. The molecule has 0 radical (unpaired) electrons. The number of guanidine groups is 1. The van der Waals surface area contributed by atoms with Crippen molar-refractivity contribution in [3.63, 3.8) is 0 Å². The molecule has 216 valence electrons. The Morgan fingerprint density at radius 2 is 1.90 bits per heavy atom. The molecule has 2 aliphatic heterocycles. The van der Waals surface area contributed by atoms with E-state index in [4.69, 9.17) is 39.4 Å². The highest BCUT2D eigenvalue weighted by Gasteiger charge is 2.40. The van der Waals surface area contributed by atoms with Crippen LogP contribution in [0.25, 0.3) is 0 Å². The van der Waals surface area contributed by atoms with Gasteiger partial charge in [0.15, 0.2) is 28.4 Å². The van der Waals surface area contributed by atoms with E-state index < -0.39 is 5.91 Å².